The van der Waals surface area contributed by atoms with Crippen molar-refractivity contribution in [2.45, 2.75) is 31.5 Å². The topological polar surface area (TPSA) is 82.0 Å². The van der Waals surface area contributed by atoms with Crippen molar-refractivity contribution in [1.29, 1.82) is 0 Å². The number of aliphatic hydroxyl groups is 3. The number of anilines is 1. The highest BCUT2D eigenvalue weighted by Gasteiger charge is 2.37. The van der Waals surface area contributed by atoms with Crippen molar-refractivity contribution in [2.75, 3.05) is 11.9 Å². The van der Waals surface area contributed by atoms with Crippen LogP contribution in [0.1, 0.15) is 5.56 Å². The molecule has 1 aromatic rings. The summed E-state index contributed by atoms with van der Waals surface area (Å²) >= 11 is 0. The van der Waals surface area contributed by atoms with E-state index in [-0.39, 0.29) is 6.61 Å². The van der Waals surface area contributed by atoms with Gasteiger partial charge in [0.25, 0.3) is 0 Å². The summed E-state index contributed by atoms with van der Waals surface area (Å²) in [5.74, 6) is 0. The molecule has 0 aliphatic carbocycles. The van der Waals surface area contributed by atoms with E-state index in [0.29, 0.717) is 0 Å². The van der Waals surface area contributed by atoms with E-state index in [0.717, 1.165) is 11.3 Å². The van der Waals surface area contributed by atoms with Gasteiger partial charge in [0.15, 0.2) is 6.23 Å². The Kier molecular flexibility index (Phi) is 3.63. The fourth-order valence-electron chi connectivity index (χ4n) is 1.75. The van der Waals surface area contributed by atoms with Crippen molar-refractivity contribution >= 4 is 5.69 Å². The Balaban J connectivity index is 2.01. The summed E-state index contributed by atoms with van der Waals surface area (Å²) in [5, 5.41) is 31.5. The SMILES string of the molecule is Cc1ccc(N[C@H]2OC[C@@H](O)[C@@H](O)[C@@H]2O)cc1. The van der Waals surface area contributed by atoms with Crippen LogP contribution in [-0.4, -0.2) is 46.5 Å². The molecule has 1 aliphatic rings. The summed E-state index contributed by atoms with van der Waals surface area (Å²) < 4.78 is 5.24. The molecular weight excluding hydrogens is 222 g/mol. The van der Waals surface area contributed by atoms with E-state index in [9.17, 15) is 15.3 Å². The molecule has 5 heteroatoms. The molecule has 1 saturated heterocycles. The Hall–Kier alpha value is -1.14. The Morgan fingerprint density at radius 1 is 1.12 bits per heavy atom. The van der Waals surface area contributed by atoms with Gasteiger partial charge in [-0.15, -0.1) is 0 Å². The van der Waals surface area contributed by atoms with Gasteiger partial charge in [-0.1, -0.05) is 17.7 Å². The second-order valence-electron chi connectivity index (χ2n) is 4.31. The maximum atomic E-state index is 9.73. The van der Waals surface area contributed by atoms with Gasteiger partial charge in [0.05, 0.1) is 6.61 Å². The molecule has 4 atom stereocenters. The first-order chi connectivity index (χ1) is 8.08. The quantitative estimate of drug-likeness (QED) is 0.577. The van der Waals surface area contributed by atoms with Crippen molar-refractivity contribution in [3.8, 4) is 0 Å². The standard InChI is InChI=1S/C12H17NO4/c1-7-2-4-8(5-3-7)13-12-11(16)10(15)9(14)6-17-12/h2-5,9-16H,6H2,1H3/t9-,10-,11+,12+/m1/s1. The largest absolute Gasteiger partial charge is 0.388 e. The number of aliphatic hydroxyl groups excluding tert-OH is 3. The van der Waals surface area contributed by atoms with Gasteiger partial charge in [-0.3, -0.25) is 0 Å². The van der Waals surface area contributed by atoms with Crippen LogP contribution in [0.25, 0.3) is 0 Å². The summed E-state index contributed by atoms with van der Waals surface area (Å²) in [7, 11) is 0. The van der Waals surface area contributed by atoms with Gasteiger partial charge in [0.2, 0.25) is 0 Å². The number of aryl methyl sites for hydroxylation is 1. The number of ether oxygens (including phenoxy) is 1. The van der Waals surface area contributed by atoms with Crippen LogP contribution in [-0.2, 0) is 4.74 Å². The molecule has 1 fully saturated rings. The molecule has 0 bridgehead atoms. The van der Waals surface area contributed by atoms with Crippen molar-refractivity contribution in [3.05, 3.63) is 29.8 Å². The average Bonchev–Trinajstić information content (AvgIpc) is 2.33. The molecule has 0 unspecified atom stereocenters. The highest BCUT2D eigenvalue weighted by atomic mass is 16.5. The smallest absolute Gasteiger partial charge is 0.156 e. The molecule has 0 radical (unpaired) electrons. The fourth-order valence-corrected chi connectivity index (χ4v) is 1.75. The van der Waals surface area contributed by atoms with Crippen LogP contribution < -0.4 is 5.32 Å². The zero-order valence-corrected chi connectivity index (χ0v) is 9.58. The first-order valence-corrected chi connectivity index (χ1v) is 5.57. The third-order valence-corrected chi connectivity index (χ3v) is 2.86. The number of hydrogen-bond acceptors (Lipinski definition) is 5. The molecule has 4 N–H and O–H groups in total. The number of benzene rings is 1. The first-order valence-electron chi connectivity index (χ1n) is 5.57. The lowest BCUT2D eigenvalue weighted by Gasteiger charge is -2.35. The number of hydrogen-bond donors (Lipinski definition) is 4. The highest BCUT2D eigenvalue weighted by Crippen LogP contribution is 2.18. The lowest BCUT2D eigenvalue weighted by Crippen LogP contribution is -2.55. The highest BCUT2D eigenvalue weighted by molar-refractivity contribution is 5.45. The Bertz CT molecular complexity index is 367. The van der Waals surface area contributed by atoms with Crippen LogP contribution in [0.15, 0.2) is 24.3 Å². The zero-order valence-electron chi connectivity index (χ0n) is 9.58. The molecular formula is C12H17NO4. The third kappa shape index (κ3) is 2.76. The summed E-state index contributed by atoms with van der Waals surface area (Å²) in [5.41, 5.74) is 1.93. The molecule has 1 heterocycles. The molecule has 0 saturated carbocycles. The first kappa shape index (κ1) is 12.3. The summed E-state index contributed by atoms with van der Waals surface area (Å²) in [6.07, 6.45) is -4.09. The van der Waals surface area contributed by atoms with Crippen LogP contribution >= 0.6 is 0 Å². The summed E-state index contributed by atoms with van der Waals surface area (Å²) in [4.78, 5) is 0. The minimum Gasteiger partial charge on any atom is -0.388 e. The second-order valence-corrected chi connectivity index (χ2v) is 4.31. The molecule has 5 nitrogen and oxygen atoms in total. The lowest BCUT2D eigenvalue weighted by atomic mass is 10.0. The Labute approximate surface area is 99.7 Å². The zero-order chi connectivity index (χ0) is 12.4. The van der Waals surface area contributed by atoms with Gasteiger partial charge in [-0.05, 0) is 19.1 Å². The van der Waals surface area contributed by atoms with Gasteiger partial charge in [0, 0.05) is 5.69 Å². The number of nitrogens with one attached hydrogen (secondary N) is 1. The minimum absolute atomic E-state index is 0.00174. The molecule has 1 aromatic carbocycles. The molecule has 0 spiro atoms. The van der Waals surface area contributed by atoms with Crippen molar-refractivity contribution < 1.29 is 20.1 Å². The van der Waals surface area contributed by atoms with E-state index in [1.807, 2.05) is 31.2 Å². The normalized spacial score (nSPS) is 33.4. The van der Waals surface area contributed by atoms with Crippen molar-refractivity contribution in [2.24, 2.45) is 0 Å². The fraction of sp³-hybridized carbons (Fsp3) is 0.500. The molecule has 0 aromatic heterocycles. The Morgan fingerprint density at radius 3 is 2.41 bits per heavy atom. The van der Waals surface area contributed by atoms with E-state index in [2.05, 4.69) is 5.32 Å². The van der Waals surface area contributed by atoms with Gasteiger partial charge in [0.1, 0.15) is 18.3 Å². The predicted octanol–water partition coefficient (Wildman–Crippen LogP) is -0.154. The van der Waals surface area contributed by atoms with Crippen LogP contribution in [0.3, 0.4) is 0 Å². The minimum atomic E-state index is -1.19. The third-order valence-electron chi connectivity index (χ3n) is 2.86. The lowest BCUT2D eigenvalue weighted by molar-refractivity contribution is -0.178. The number of rotatable bonds is 2. The van der Waals surface area contributed by atoms with E-state index in [1.54, 1.807) is 0 Å². The Morgan fingerprint density at radius 2 is 1.76 bits per heavy atom. The second kappa shape index (κ2) is 5.01. The van der Waals surface area contributed by atoms with Gasteiger partial charge < -0.3 is 25.4 Å². The molecule has 17 heavy (non-hydrogen) atoms. The van der Waals surface area contributed by atoms with Gasteiger partial charge in [-0.2, -0.15) is 0 Å². The maximum Gasteiger partial charge on any atom is 0.156 e. The molecule has 0 amide bonds. The van der Waals surface area contributed by atoms with E-state index < -0.39 is 24.5 Å². The van der Waals surface area contributed by atoms with Gasteiger partial charge >= 0.3 is 0 Å². The predicted molar refractivity (Wildman–Crippen MR) is 62.6 cm³/mol. The van der Waals surface area contributed by atoms with Crippen molar-refractivity contribution in [3.63, 3.8) is 0 Å². The molecule has 2 rings (SSSR count). The van der Waals surface area contributed by atoms with Crippen molar-refractivity contribution in [1.82, 2.24) is 0 Å². The van der Waals surface area contributed by atoms with E-state index in [4.69, 9.17) is 4.74 Å². The van der Waals surface area contributed by atoms with E-state index in [1.165, 1.54) is 0 Å². The molecule has 1 aliphatic heterocycles. The van der Waals surface area contributed by atoms with E-state index >= 15 is 0 Å². The van der Waals surface area contributed by atoms with Crippen LogP contribution in [0.5, 0.6) is 0 Å². The van der Waals surface area contributed by atoms with Crippen LogP contribution in [0, 0.1) is 6.92 Å². The monoisotopic (exact) mass is 239 g/mol. The summed E-state index contributed by atoms with van der Waals surface area (Å²) in [6.45, 7) is 1.98. The van der Waals surface area contributed by atoms with Crippen LogP contribution in [0.4, 0.5) is 5.69 Å². The molecule has 94 valence electrons. The average molecular weight is 239 g/mol. The summed E-state index contributed by atoms with van der Waals surface area (Å²) in [6, 6.07) is 7.59. The maximum absolute atomic E-state index is 9.73. The van der Waals surface area contributed by atoms with Gasteiger partial charge in [-0.25, -0.2) is 0 Å². The van der Waals surface area contributed by atoms with Crippen LogP contribution in [0.2, 0.25) is 0 Å².